The van der Waals surface area contributed by atoms with Crippen molar-refractivity contribution in [3.05, 3.63) is 48.0 Å². The van der Waals surface area contributed by atoms with Crippen LogP contribution < -0.4 is 0 Å². The van der Waals surface area contributed by atoms with Gasteiger partial charge in [-0.3, -0.25) is 9.69 Å². The number of aliphatic carboxylic acids is 1. The van der Waals surface area contributed by atoms with E-state index in [1.807, 2.05) is 0 Å². The normalized spacial score (nSPS) is 14.8. The van der Waals surface area contributed by atoms with Crippen LogP contribution in [-0.4, -0.2) is 28.6 Å². The molecule has 3 heteroatoms. The molecule has 0 aromatic heterocycles. The summed E-state index contributed by atoms with van der Waals surface area (Å²) in [5, 5.41) is 11.4. The van der Waals surface area contributed by atoms with Crippen molar-refractivity contribution in [1.82, 2.24) is 4.90 Å². The third-order valence-corrected chi connectivity index (χ3v) is 3.93. The first-order valence-corrected chi connectivity index (χ1v) is 7.16. The summed E-state index contributed by atoms with van der Waals surface area (Å²) < 4.78 is 0. The summed E-state index contributed by atoms with van der Waals surface area (Å²) in [5.41, 5.74) is 1.29. The highest BCUT2D eigenvalue weighted by Crippen LogP contribution is 2.30. The van der Waals surface area contributed by atoms with Gasteiger partial charge in [-0.1, -0.05) is 42.5 Å². The number of hydrogen-bond donors (Lipinski definition) is 1. The third kappa shape index (κ3) is 2.99. The van der Waals surface area contributed by atoms with E-state index in [2.05, 4.69) is 47.4 Å². The Kier molecular flexibility index (Phi) is 3.70. The summed E-state index contributed by atoms with van der Waals surface area (Å²) in [6.45, 7) is 1.49. The van der Waals surface area contributed by atoms with Gasteiger partial charge in [-0.05, 0) is 29.2 Å². The Balaban J connectivity index is 1.81. The molecule has 1 aliphatic rings. The maximum atomic E-state index is 10.8. The number of nitrogens with zero attached hydrogens (tertiary/aromatic N) is 1. The molecule has 1 fully saturated rings. The minimum atomic E-state index is -0.714. The van der Waals surface area contributed by atoms with Crippen LogP contribution in [0.25, 0.3) is 10.8 Å². The van der Waals surface area contributed by atoms with Crippen molar-refractivity contribution < 1.29 is 9.90 Å². The van der Waals surface area contributed by atoms with Crippen LogP contribution in [0.1, 0.15) is 24.8 Å². The van der Waals surface area contributed by atoms with Crippen molar-refractivity contribution in [2.24, 2.45) is 0 Å². The average molecular weight is 269 g/mol. The van der Waals surface area contributed by atoms with E-state index < -0.39 is 5.97 Å². The highest BCUT2D eigenvalue weighted by atomic mass is 16.4. The molecular weight excluding hydrogens is 250 g/mol. The Hall–Kier alpha value is -1.87. The van der Waals surface area contributed by atoms with Gasteiger partial charge in [0, 0.05) is 19.1 Å². The standard InChI is InChI=1S/C17H19NO2/c19-17(20)10-11-18(15-8-9-15)12-14-6-3-5-13-4-1-2-7-16(13)14/h1-7,15H,8-12H2,(H,19,20). The number of hydrogen-bond acceptors (Lipinski definition) is 2. The molecule has 1 N–H and O–H groups in total. The highest BCUT2D eigenvalue weighted by molar-refractivity contribution is 5.85. The van der Waals surface area contributed by atoms with Gasteiger partial charge in [-0.25, -0.2) is 0 Å². The van der Waals surface area contributed by atoms with Crippen molar-refractivity contribution in [3.8, 4) is 0 Å². The maximum absolute atomic E-state index is 10.8. The van der Waals surface area contributed by atoms with Gasteiger partial charge >= 0.3 is 5.97 Å². The molecule has 2 aromatic carbocycles. The van der Waals surface area contributed by atoms with E-state index in [1.165, 1.54) is 29.2 Å². The SMILES string of the molecule is O=C(O)CCN(Cc1cccc2ccccc12)C1CC1. The molecule has 0 bridgehead atoms. The van der Waals surface area contributed by atoms with Crippen LogP contribution in [0.3, 0.4) is 0 Å². The fourth-order valence-corrected chi connectivity index (χ4v) is 2.72. The maximum Gasteiger partial charge on any atom is 0.304 e. The van der Waals surface area contributed by atoms with E-state index in [0.717, 1.165) is 6.54 Å². The first kappa shape index (κ1) is 13.1. The molecule has 0 unspecified atom stereocenters. The van der Waals surface area contributed by atoms with Gasteiger partial charge in [-0.15, -0.1) is 0 Å². The lowest BCUT2D eigenvalue weighted by Gasteiger charge is -2.22. The molecule has 104 valence electrons. The van der Waals surface area contributed by atoms with Crippen LogP contribution in [0, 0.1) is 0 Å². The molecular formula is C17H19NO2. The molecule has 0 amide bonds. The summed E-state index contributed by atoms with van der Waals surface area (Å²) in [6.07, 6.45) is 2.62. The first-order valence-electron chi connectivity index (χ1n) is 7.16. The molecule has 0 radical (unpaired) electrons. The molecule has 0 atom stereocenters. The van der Waals surface area contributed by atoms with Gasteiger partial charge < -0.3 is 5.11 Å². The van der Waals surface area contributed by atoms with E-state index in [4.69, 9.17) is 5.11 Å². The molecule has 3 nitrogen and oxygen atoms in total. The first-order chi connectivity index (χ1) is 9.74. The van der Waals surface area contributed by atoms with E-state index in [0.29, 0.717) is 12.6 Å². The largest absolute Gasteiger partial charge is 0.481 e. The number of carboxylic acid groups (broad SMARTS) is 1. The van der Waals surface area contributed by atoms with Crippen molar-refractivity contribution in [2.45, 2.75) is 31.8 Å². The Morgan fingerprint density at radius 3 is 2.65 bits per heavy atom. The quantitative estimate of drug-likeness (QED) is 0.875. The van der Waals surface area contributed by atoms with Crippen LogP contribution >= 0.6 is 0 Å². The second-order valence-electron chi connectivity index (χ2n) is 5.48. The lowest BCUT2D eigenvalue weighted by Crippen LogP contribution is -2.28. The number of rotatable bonds is 6. The van der Waals surface area contributed by atoms with Crippen LogP contribution in [0.2, 0.25) is 0 Å². The van der Waals surface area contributed by atoms with E-state index in [-0.39, 0.29) is 6.42 Å². The monoisotopic (exact) mass is 269 g/mol. The van der Waals surface area contributed by atoms with Crippen LogP contribution in [0.5, 0.6) is 0 Å². The number of carbonyl (C=O) groups is 1. The lowest BCUT2D eigenvalue weighted by molar-refractivity contribution is -0.137. The van der Waals surface area contributed by atoms with Crippen LogP contribution in [0.4, 0.5) is 0 Å². The molecule has 2 aromatic rings. The Morgan fingerprint density at radius 2 is 1.90 bits per heavy atom. The summed E-state index contributed by atoms with van der Waals surface area (Å²) in [6, 6.07) is 15.3. The van der Waals surface area contributed by atoms with Gasteiger partial charge in [0.25, 0.3) is 0 Å². The van der Waals surface area contributed by atoms with Crippen molar-refractivity contribution in [1.29, 1.82) is 0 Å². The average Bonchev–Trinajstić information content (AvgIpc) is 3.28. The van der Waals surface area contributed by atoms with Gasteiger partial charge in [0.2, 0.25) is 0 Å². The second kappa shape index (κ2) is 5.63. The Bertz CT molecular complexity index is 614. The van der Waals surface area contributed by atoms with Crippen molar-refractivity contribution >= 4 is 16.7 Å². The molecule has 0 saturated heterocycles. The molecule has 20 heavy (non-hydrogen) atoms. The topological polar surface area (TPSA) is 40.5 Å². The molecule has 0 spiro atoms. The second-order valence-corrected chi connectivity index (χ2v) is 5.48. The summed E-state index contributed by atoms with van der Waals surface area (Å²) >= 11 is 0. The predicted molar refractivity (Wildman–Crippen MR) is 79.6 cm³/mol. The summed E-state index contributed by atoms with van der Waals surface area (Å²) in [5.74, 6) is -0.714. The number of fused-ring (bicyclic) bond motifs is 1. The molecule has 1 saturated carbocycles. The number of benzene rings is 2. The van der Waals surface area contributed by atoms with E-state index >= 15 is 0 Å². The van der Waals surface area contributed by atoms with Crippen LogP contribution in [0.15, 0.2) is 42.5 Å². The smallest absolute Gasteiger partial charge is 0.304 e. The number of carboxylic acids is 1. The highest BCUT2D eigenvalue weighted by Gasteiger charge is 2.29. The summed E-state index contributed by atoms with van der Waals surface area (Å²) in [4.78, 5) is 13.1. The van der Waals surface area contributed by atoms with Crippen molar-refractivity contribution in [2.75, 3.05) is 6.54 Å². The Morgan fingerprint density at radius 1 is 1.15 bits per heavy atom. The minimum Gasteiger partial charge on any atom is -0.481 e. The van der Waals surface area contributed by atoms with Crippen LogP contribution in [-0.2, 0) is 11.3 Å². The third-order valence-electron chi connectivity index (χ3n) is 3.93. The fraction of sp³-hybridized carbons (Fsp3) is 0.353. The molecule has 0 heterocycles. The zero-order valence-corrected chi connectivity index (χ0v) is 11.5. The molecule has 3 rings (SSSR count). The van der Waals surface area contributed by atoms with Gasteiger partial charge in [0.1, 0.15) is 0 Å². The van der Waals surface area contributed by atoms with Crippen molar-refractivity contribution in [3.63, 3.8) is 0 Å². The lowest BCUT2D eigenvalue weighted by atomic mass is 10.0. The summed E-state index contributed by atoms with van der Waals surface area (Å²) in [7, 11) is 0. The molecule has 1 aliphatic carbocycles. The Labute approximate surface area is 118 Å². The van der Waals surface area contributed by atoms with Gasteiger partial charge in [0.05, 0.1) is 6.42 Å². The van der Waals surface area contributed by atoms with E-state index in [1.54, 1.807) is 0 Å². The van der Waals surface area contributed by atoms with Gasteiger partial charge in [0.15, 0.2) is 0 Å². The zero-order valence-electron chi connectivity index (χ0n) is 11.5. The fourth-order valence-electron chi connectivity index (χ4n) is 2.72. The predicted octanol–water partition coefficient (Wildman–Crippen LogP) is 3.28. The van der Waals surface area contributed by atoms with E-state index in [9.17, 15) is 4.79 Å². The zero-order chi connectivity index (χ0) is 13.9. The van der Waals surface area contributed by atoms with Gasteiger partial charge in [-0.2, -0.15) is 0 Å². The minimum absolute atomic E-state index is 0.223. The molecule has 0 aliphatic heterocycles.